The van der Waals surface area contributed by atoms with Crippen LogP contribution in [0.1, 0.15) is 26.3 Å². The quantitative estimate of drug-likeness (QED) is 0.754. The SMILES string of the molecule is CCc1ccc2ccccc2c1N(CC)CC. The molecule has 0 saturated heterocycles. The summed E-state index contributed by atoms with van der Waals surface area (Å²) in [5, 5.41) is 2.72. The average molecular weight is 227 g/mol. The van der Waals surface area contributed by atoms with Crippen molar-refractivity contribution in [2.24, 2.45) is 0 Å². The molecule has 0 heterocycles. The van der Waals surface area contributed by atoms with E-state index in [2.05, 4.69) is 62.1 Å². The van der Waals surface area contributed by atoms with Crippen molar-refractivity contribution in [3.63, 3.8) is 0 Å². The van der Waals surface area contributed by atoms with E-state index in [1.54, 1.807) is 0 Å². The summed E-state index contributed by atoms with van der Waals surface area (Å²) in [6, 6.07) is 13.2. The van der Waals surface area contributed by atoms with Crippen molar-refractivity contribution in [1.29, 1.82) is 0 Å². The van der Waals surface area contributed by atoms with Crippen LogP contribution in [0.4, 0.5) is 5.69 Å². The summed E-state index contributed by atoms with van der Waals surface area (Å²) in [6.07, 6.45) is 1.09. The lowest BCUT2D eigenvalue weighted by atomic mass is 10.0. The lowest BCUT2D eigenvalue weighted by molar-refractivity contribution is 0.861. The molecule has 0 amide bonds. The molecule has 2 rings (SSSR count). The molecular formula is C16H21N. The Hall–Kier alpha value is -1.50. The van der Waals surface area contributed by atoms with E-state index in [1.165, 1.54) is 22.0 Å². The highest BCUT2D eigenvalue weighted by Crippen LogP contribution is 2.31. The van der Waals surface area contributed by atoms with Crippen molar-refractivity contribution in [3.05, 3.63) is 42.0 Å². The molecule has 0 aliphatic carbocycles. The highest BCUT2D eigenvalue weighted by Gasteiger charge is 2.11. The van der Waals surface area contributed by atoms with Gasteiger partial charge in [0.2, 0.25) is 0 Å². The first-order valence-corrected chi connectivity index (χ1v) is 6.57. The van der Waals surface area contributed by atoms with Gasteiger partial charge in [-0.25, -0.2) is 0 Å². The summed E-state index contributed by atoms with van der Waals surface area (Å²) in [5.41, 5.74) is 2.88. The van der Waals surface area contributed by atoms with Crippen LogP contribution in [0, 0.1) is 0 Å². The number of rotatable bonds is 4. The zero-order chi connectivity index (χ0) is 12.3. The van der Waals surface area contributed by atoms with Gasteiger partial charge in [0.25, 0.3) is 0 Å². The third-order valence-electron chi connectivity index (χ3n) is 3.44. The summed E-state index contributed by atoms with van der Waals surface area (Å²) in [5.74, 6) is 0. The Morgan fingerprint density at radius 2 is 1.59 bits per heavy atom. The van der Waals surface area contributed by atoms with E-state index in [-0.39, 0.29) is 0 Å². The van der Waals surface area contributed by atoms with Crippen LogP contribution < -0.4 is 4.90 Å². The van der Waals surface area contributed by atoms with Crippen molar-refractivity contribution in [1.82, 2.24) is 0 Å². The largest absolute Gasteiger partial charge is 0.371 e. The second kappa shape index (κ2) is 5.22. The van der Waals surface area contributed by atoms with Crippen LogP contribution in [0.25, 0.3) is 10.8 Å². The maximum Gasteiger partial charge on any atom is 0.0478 e. The predicted molar refractivity (Wildman–Crippen MR) is 76.9 cm³/mol. The number of anilines is 1. The van der Waals surface area contributed by atoms with Crippen LogP contribution in [0.3, 0.4) is 0 Å². The summed E-state index contributed by atoms with van der Waals surface area (Å²) >= 11 is 0. The minimum absolute atomic E-state index is 1.07. The maximum atomic E-state index is 2.46. The third-order valence-corrected chi connectivity index (χ3v) is 3.44. The van der Waals surface area contributed by atoms with Crippen LogP contribution in [0.5, 0.6) is 0 Å². The first kappa shape index (κ1) is 12.0. The van der Waals surface area contributed by atoms with Gasteiger partial charge in [-0.1, -0.05) is 43.3 Å². The second-order valence-electron chi connectivity index (χ2n) is 4.32. The molecule has 0 saturated carbocycles. The fourth-order valence-electron chi connectivity index (χ4n) is 2.50. The smallest absolute Gasteiger partial charge is 0.0478 e. The molecule has 0 aliphatic rings. The van der Waals surface area contributed by atoms with E-state index < -0.39 is 0 Å². The molecule has 17 heavy (non-hydrogen) atoms. The van der Waals surface area contributed by atoms with Crippen molar-refractivity contribution >= 4 is 16.5 Å². The van der Waals surface area contributed by atoms with E-state index in [0.29, 0.717) is 0 Å². The van der Waals surface area contributed by atoms with Crippen molar-refractivity contribution in [3.8, 4) is 0 Å². The van der Waals surface area contributed by atoms with E-state index in [9.17, 15) is 0 Å². The first-order valence-electron chi connectivity index (χ1n) is 6.57. The van der Waals surface area contributed by atoms with Gasteiger partial charge in [0.05, 0.1) is 0 Å². The highest BCUT2D eigenvalue weighted by molar-refractivity contribution is 5.96. The molecule has 0 fully saturated rings. The number of fused-ring (bicyclic) bond motifs is 1. The fraction of sp³-hybridized carbons (Fsp3) is 0.375. The number of nitrogens with zero attached hydrogens (tertiary/aromatic N) is 1. The highest BCUT2D eigenvalue weighted by atomic mass is 15.1. The van der Waals surface area contributed by atoms with Crippen molar-refractivity contribution in [2.75, 3.05) is 18.0 Å². The molecule has 2 aromatic carbocycles. The molecule has 2 aromatic rings. The van der Waals surface area contributed by atoms with E-state index in [1.807, 2.05) is 0 Å². The summed E-state index contributed by atoms with van der Waals surface area (Å²) < 4.78 is 0. The zero-order valence-electron chi connectivity index (χ0n) is 11.0. The number of aryl methyl sites for hydroxylation is 1. The monoisotopic (exact) mass is 227 g/mol. The molecule has 0 unspecified atom stereocenters. The van der Waals surface area contributed by atoms with Gasteiger partial charge < -0.3 is 4.90 Å². The number of hydrogen-bond acceptors (Lipinski definition) is 1. The summed E-state index contributed by atoms with van der Waals surface area (Å²) in [6.45, 7) is 8.82. The molecular weight excluding hydrogens is 206 g/mol. The Labute approximate surface area is 104 Å². The van der Waals surface area contributed by atoms with Gasteiger partial charge >= 0.3 is 0 Å². The van der Waals surface area contributed by atoms with Crippen molar-refractivity contribution in [2.45, 2.75) is 27.2 Å². The van der Waals surface area contributed by atoms with Gasteiger partial charge in [0, 0.05) is 24.2 Å². The molecule has 0 radical (unpaired) electrons. The van der Waals surface area contributed by atoms with E-state index in [4.69, 9.17) is 0 Å². The van der Waals surface area contributed by atoms with Crippen LogP contribution in [-0.2, 0) is 6.42 Å². The van der Waals surface area contributed by atoms with Gasteiger partial charge in [-0.2, -0.15) is 0 Å². The molecule has 1 nitrogen and oxygen atoms in total. The second-order valence-corrected chi connectivity index (χ2v) is 4.32. The minimum atomic E-state index is 1.07. The van der Waals surface area contributed by atoms with Crippen LogP contribution in [0.15, 0.2) is 36.4 Å². The Kier molecular flexibility index (Phi) is 3.68. The molecule has 0 bridgehead atoms. The summed E-state index contributed by atoms with van der Waals surface area (Å²) in [7, 11) is 0. The van der Waals surface area contributed by atoms with Gasteiger partial charge in [-0.3, -0.25) is 0 Å². The van der Waals surface area contributed by atoms with E-state index >= 15 is 0 Å². The Balaban J connectivity index is 2.70. The molecule has 1 heteroatoms. The molecule has 0 atom stereocenters. The molecule has 90 valence electrons. The first-order chi connectivity index (χ1) is 8.31. The molecule has 0 aliphatic heterocycles. The summed E-state index contributed by atoms with van der Waals surface area (Å²) in [4.78, 5) is 2.46. The normalized spacial score (nSPS) is 10.8. The zero-order valence-corrected chi connectivity index (χ0v) is 11.0. The van der Waals surface area contributed by atoms with Crippen molar-refractivity contribution < 1.29 is 0 Å². The fourth-order valence-corrected chi connectivity index (χ4v) is 2.50. The lowest BCUT2D eigenvalue weighted by Crippen LogP contribution is -2.23. The van der Waals surface area contributed by atoms with Crippen LogP contribution in [0.2, 0.25) is 0 Å². The standard InChI is InChI=1S/C16H21N/c1-4-13-11-12-14-9-7-8-10-15(14)16(13)17(5-2)6-3/h7-12H,4-6H2,1-3H3. The third kappa shape index (κ3) is 2.14. The topological polar surface area (TPSA) is 3.24 Å². The Morgan fingerprint density at radius 1 is 0.882 bits per heavy atom. The van der Waals surface area contributed by atoms with Gasteiger partial charge in [0.15, 0.2) is 0 Å². The molecule has 0 spiro atoms. The molecule has 0 aromatic heterocycles. The van der Waals surface area contributed by atoms with Gasteiger partial charge in [0.1, 0.15) is 0 Å². The van der Waals surface area contributed by atoms with Gasteiger partial charge in [-0.15, -0.1) is 0 Å². The van der Waals surface area contributed by atoms with E-state index in [0.717, 1.165) is 19.5 Å². The minimum Gasteiger partial charge on any atom is -0.371 e. The predicted octanol–water partition coefficient (Wildman–Crippen LogP) is 4.25. The van der Waals surface area contributed by atoms with Crippen LogP contribution >= 0.6 is 0 Å². The average Bonchev–Trinajstić information content (AvgIpc) is 2.40. The van der Waals surface area contributed by atoms with Crippen LogP contribution in [-0.4, -0.2) is 13.1 Å². The Morgan fingerprint density at radius 3 is 2.24 bits per heavy atom. The maximum absolute atomic E-state index is 2.46. The lowest BCUT2D eigenvalue weighted by Gasteiger charge is -2.25. The number of hydrogen-bond donors (Lipinski definition) is 0. The Bertz CT molecular complexity index is 498. The number of benzene rings is 2. The molecule has 0 N–H and O–H groups in total. The van der Waals surface area contributed by atoms with Gasteiger partial charge in [-0.05, 0) is 31.2 Å².